The zero-order valence-electron chi connectivity index (χ0n) is 18.4. The summed E-state index contributed by atoms with van der Waals surface area (Å²) in [5.41, 5.74) is 2.43. The SMILES string of the molecule is CCCCCNC(=O)N1C[C@@H]2CN(C(=O)CN(C)C)[C@@H](c3ccccc3C)[C@@H]2C1. The van der Waals surface area contributed by atoms with E-state index in [1.807, 2.05) is 30.0 Å². The number of urea groups is 1. The molecule has 1 aromatic carbocycles. The molecule has 2 saturated heterocycles. The average Bonchev–Trinajstić information content (AvgIpc) is 3.23. The normalized spacial score (nSPS) is 23.6. The number of likely N-dealkylation sites (N-methyl/N-ethyl adjacent to an activating group) is 1. The molecular formula is C23H36N4O2. The highest BCUT2D eigenvalue weighted by atomic mass is 16.2. The van der Waals surface area contributed by atoms with Crippen molar-refractivity contribution in [3.8, 4) is 0 Å². The first kappa shape index (κ1) is 21.6. The van der Waals surface area contributed by atoms with E-state index in [2.05, 4.69) is 42.3 Å². The molecule has 1 N–H and O–H groups in total. The Labute approximate surface area is 175 Å². The predicted molar refractivity (Wildman–Crippen MR) is 116 cm³/mol. The minimum atomic E-state index is 0.0465. The summed E-state index contributed by atoms with van der Waals surface area (Å²) in [6, 6.07) is 8.45. The first-order valence-corrected chi connectivity index (χ1v) is 10.9. The van der Waals surface area contributed by atoms with E-state index >= 15 is 0 Å². The van der Waals surface area contributed by atoms with Crippen molar-refractivity contribution in [3.63, 3.8) is 0 Å². The number of aryl methyl sites for hydroxylation is 1. The molecule has 2 heterocycles. The van der Waals surface area contributed by atoms with Crippen molar-refractivity contribution >= 4 is 11.9 Å². The standard InChI is InChI=1S/C23H36N4O2/c1-5-6-9-12-24-23(29)26-13-18-14-27(21(28)16-25(3)4)22(20(18)15-26)19-11-8-7-10-17(19)2/h7-8,10-11,18,20,22H,5-6,9,12-16H2,1-4H3,(H,24,29)/t18-,20-,22+/m1/s1. The zero-order valence-corrected chi connectivity index (χ0v) is 18.4. The third-order valence-electron chi connectivity index (χ3n) is 6.29. The summed E-state index contributed by atoms with van der Waals surface area (Å²) < 4.78 is 0. The quantitative estimate of drug-likeness (QED) is 0.716. The second kappa shape index (κ2) is 9.61. The lowest BCUT2D eigenvalue weighted by atomic mass is 9.87. The Morgan fingerprint density at radius 2 is 1.90 bits per heavy atom. The van der Waals surface area contributed by atoms with E-state index in [1.54, 1.807) is 0 Å². The fraction of sp³-hybridized carbons (Fsp3) is 0.652. The van der Waals surface area contributed by atoms with Gasteiger partial charge >= 0.3 is 6.03 Å². The molecule has 0 unspecified atom stereocenters. The number of benzene rings is 1. The number of fused-ring (bicyclic) bond motifs is 1. The van der Waals surface area contributed by atoms with Crippen molar-refractivity contribution in [2.75, 3.05) is 46.8 Å². The molecule has 0 saturated carbocycles. The number of likely N-dealkylation sites (tertiary alicyclic amines) is 2. The topological polar surface area (TPSA) is 55.9 Å². The summed E-state index contributed by atoms with van der Waals surface area (Å²) in [5, 5.41) is 3.07. The van der Waals surface area contributed by atoms with Crippen LogP contribution in [0.2, 0.25) is 0 Å². The molecule has 29 heavy (non-hydrogen) atoms. The molecular weight excluding hydrogens is 364 g/mol. The fourth-order valence-corrected chi connectivity index (χ4v) is 4.83. The summed E-state index contributed by atoms with van der Waals surface area (Å²) in [4.78, 5) is 31.6. The Morgan fingerprint density at radius 3 is 2.59 bits per heavy atom. The highest BCUT2D eigenvalue weighted by Crippen LogP contribution is 2.45. The van der Waals surface area contributed by atoms with Crippen LogP contribution in [0.15, 0.2) is 24.3 Å². The maximum Gasteiger partial charge on any atom is 0.317 e. The van der Waals surface area contributed by atoms with E-state index in [4.69, 9.17) is 0 Å². The highest BCUT2D eigenvalue weighted by molar-refractivity contribution is 5.79. The third-order valence-corrected chi connectivity index (χ3v) is 6.29. The molecule has 0 aliphatic carbocycles. The van der Waals surface area contributed by atoms with E-state index in [9.17, 15) is 9.59 Å². The van der Waals surface area contributed by atoms with Gasteiger partial charge in [-0.1, -0.05) is 44.0 Å². The smallest absolute Gasteiger partial charge is 0.317 e. The maximum atomic E-state index is 13.0. The van der Waals surface area contributed by atoms with Gasteiger partial charge in [-0.05, 0) is 38.6 Å². The van der Waals surface area contributed by atoms with E-state index in [1.165, 1.54) is 11.1 Å². The molecule has 2 aliphatic rings. The van der Waals surface area contributed by atoms with E-state index in [0.29, 0.717) is 18.4 Å². The van der Waals surface area contributed by atoms with Crippen LogP contribution < -0.4 is 5.32 Å². The summed E-state index contributed by atoms with van der Waals surface area (Å²) in [6.07, 6.45) is 3.32. The third kappa shape index (κ3) is 4.92. The van der Waals surface area contributed by atoms with Gasteiger partial charge in [-0.2, -0.15) is 0 Å². The van der Waals surface area contributed by atoms with Gasteiger partial charge in [0.25, 0.3) is 0 Å². The second-order valence-electron chi connectivity index (χ2n) is 8.85. The van der Waals surface area contributed by atoms with Crippen molar-refractivity contribution in [3.05, 3.63) is 35.4 Å². The van der Waals surface area contributed by atoms with Crippen LogP contribution in [0.5, 0.6) is 0 Å². The molecule has 6 nitrogen and oxygen atoms in total. The van der Waals surface area contributed by atoms with Crippen LogP contribution in [0.1, 0.15) is 43.4 Å². The van der Waals surface area contributed by atoms with Crippen LogP contribution in [0.4, 0.5) is 4.79 Å². The lowest BCUT2D eigenvalue weighted by Crippen LogP contribution is -2.43. The van der Waals surface area contributed by atoms with Crippen LogP contribution in [0.3, 0.4) is 0 Å². The minimum Gasteiger partial charge on any atom is -0.338 e. The molecule has 0 radical (unpaired) electrons. The number of amides is 3. The number of nitrogens with zero attached hydrogens (tertiary/aromatic N) is 3. The van der Waals surface area contributed by atoms with Gasteiger partial charge in [0.1, 0.15) is 0 Å². The molecule has 0 spiro atoms. The lowest BCUT2D eigenvalue weighted by Gasteiger charge is -2.31. The van der Waals surface area contributed by atoms with Crippen LogP contribution in [0, 0.1) is 18.8 Å². The first-order valence-electron chi connectivity index (χ1n) is 10.9. The number of carbonyl (C=O) groups is 2. The Bertz CT molecular complexity index is 721. The number of hydrogen-bond acceptors (Lipinski definition) is 3. The van der Waals surface area contributed by atoms with Gasteiger partial charge in [0.05, 0.1) is 12.6 Å². The molecule has 0 aromatic heterocycles. The van der Waals surface area contributed by atoms with E-state index < -0.39 is 0 Å². The monoisotopic (exact) mass is 400 g/mol. The lowest BCUT2D eigenvalue weighted by molar-refractivity contribution is -0.133. The largest absolute Gasteiger partial charge is 0.338 e. The summed E-state index contributed by atoms with van der Waals surface area (Å²) in [7, 11) is 3.87. The zero-order chi connectivity index (χ0) is 21.0. The van der Waals surface area contributed by atoms with Crippen LogP contribution >= 0.6 is 0 Å². The van der Waals surface area contributed by atoms with Crippen LogP contribution in [0.25, 0.3) is 0 Å². The van der Waals surface area contributed by atoms with Gasteiger partial charge in [0, 0.05) is 38.0 Å². The van der Waals surface area contributed by atoms with Crippen molar-refractivity contribution in [1.82, 2.24) is 20.0 Å². The van der Waals surface area contributed by atoms with Crippen molar-refractivity contribution in [1.29, 1.82) is 0 Å². The number of hydrogen-bond donors (Lipinski definition) is 1. The Hall–Kier alpha value is -2.08. The number of rotatable bonds is 7. The van der Waals surface area contributed by atoms with Crippen LogP contribution in [-0.2, 0) is 4.79 Å². The molecule has 2 aliphatic heterocycles. The molecule has 160 valence electrons. The number of carbonyl (C=O) groups excluding carboxylic acids is 2. The van der Waals surface area contributed by atoms with Crippen molar-refractivity contribution in [2.45, 2.75) is 39.2 Å². The van der Waals surface area contributed by atoms with Crippen molar-refractivity contribution in [2.24, 2.45) is 11.8 Å². The molecule has 6 heteroatoms. The predicted octanol–water partition coefficient (Wildman–Crippen LogP) is 2.89. The number of nitrogens with one attached hydrogen (secondary N) is 1. The van der Waals surface area contributed by atoms with Gasteiger partial charge in [-0.25, -0.2) is 4.79 Å². The fourth-order valence-electron chi connectivity index (χ4n) is 4.83. The van der Waals surface area contributed by atoms with Gasteiger partial charge in [-0.15, -0.1) is 0 Å². The van der Waals surface area contributed by atoms with Crippen LogP contribution in [-0.4, -0.2) is 73.5 Å². The summed E-state index contributed by atoms with van der Waals surface area (Å²) >= 11 is 0. The first-order chi connectivity index (χ1) is 13.9. The maximum absolute atomic E-state index is 13.0. The Morgan fingerprint density at radius 1 is 1.14 bits per heavy atom. The van der Waals surface area contributed by atoms with E-state index in [0.717, 1.165) is 45.4 Å². The summed E-state index contributed by atoms with van der Waals surface area (Å²) in [5.74, 6) is 0.809. The van der Waals surface area contributed by atoms with Gasteiger partial charge < -0.3 is 20.0 Å². The Kier molecular flexibility index (Phi) is 7.17. The molecule has 0 bridgehead atoms. The van der Waals surface area contributed by atoms with Crippen molar-refractivity contribution < 1.29 is 9.59 Å². The van der Waals surface area contributed by atoms with E-state index in [-0.39, 0.29) is 18.0 Å². The minimum absolute atomic E-state index is 0.0465. The van der Waals surface area contributed by atoms with Gasteiger partial charge in [-0.3, -0.25) is 4.79 Å². The molecule has 3 atom stereocenters. The van der Waals surface area contributed by atoms with Gasteiger partial charge in [0.2, 0.25) is 5.91 Å². The Balaban J connectivity index is 1.74. The molecule has 2 fully saturated rings. The second-order valence-corrected chi connectivity index (χ2v) is 8.85. The molecule has 3 rings (SSSR count). The van der Waals surface area contributed by atoms with Gasteiger partial charge in [0.15, 0.2) is 0 Å². The number of unbranched alkanes of at least 4 members (excludes halogenated alkanes) is 2. The molecule has 3 amide bonds. The highest BCUT2D eigenvalue weighted by Gasteiger charge is 2.50. The summed E-state index contributed by atoms with van der Waals surface area (Å²) in [6.45, 7) is 7.63. The average molecular weight is 401 g/mol. The molecule has 1 aromatic rings.